The van der Waals surface area contributed by atoms with Crippen LogP contribution in [-0.2, 0) is 8.95 Å². The molecule has 0 spiro atoms. The van der Waals surface area contributed by atoms with E-state index in [1.54, 1.807) is 0 Å². The Hall–Kier alpha value is 0.238. The molecule has 0 aliphatic carbocycles. The monoisotopic (exact) mass is 260 g/mol. The van der Waals surface area contributed by atoms with E-state index >= 15 is 0 Å². The zero-order chi connectivity index (χ0) is 8.39. The zero-order valence-corrected chi connectivity index (χ0v) is 9.89. The van der Waals surface area contributed by atoms with Gasteiger partial charge in [0, 0.05) is 0 Å². The van der Waals surface area contributed by atoms with Crippen LogP contribution < -0.4 is 10.2 Å². The molecular weight excluding hydrogens is 251 g/mol. The Balaban J connectivity index is 2.22. The maximum absolute atomic E-state index is 5.32. The van der Waals surface area contributed by atoms with Crippen molar-refractivity contribution in [1.29, 1.82) is 0 Å². The van der Waals surface area contributed by atoms with Crippen LogP contribution >= 0.6 is 10.0 Å². The van der Waals surface area contributed by atoms with Gasteiger partial charge in [0.15, 0.2) is 0 Å². The van der Waals surface area contributed by atoms with E-state index in [0.29, 0.717) is 0 Å². The van der Waals surface area contributed by atoms with E-state index in [-0.39, 0.29) is 8.95 Å². The summed E-state index contributed by atoms with van der Waals surface area (Å²) in [5.74, 6) is 5.32. The summed E-state index contributed by atoms with van der Waals surface area (Å²) in [7, 11) is 2.29. The molecule has 2 N–H and O–H groups in total. The topological polar surface area (TPSA) is 38.4 Å². The Morgan fingerprint density at radius 3 is 2.67 bits per heavy atom. The molecule has 5 heteroatoms. The van der Waals surface area contributed by atoms with Crippen LogP contribution in [0, 0.1) is 0 Å². The first-order chi connectivity index (χ1) is 5.92. The average Bonchev–Trinajstić information content (AvgIpc) is 2.05. The standard InChI is InChI=1S/C7H9AsN2S2/c9-10-12-6-11-8(12)7-4-2-1-3-5-7/h1-5H,6,9H2. The summed E-state index contributed by atoms with van der Waals surface area (Å²) in [6, 6.07) is 10.7. The minimum absolute atomic E-state index is 0.219. The van der Waals surface area contributed by atoms with Gasteiger partial charge in [-0.1, -0.05) is 0 Å². The summed E-state index contributed by atoms with van der Waals surface area (Å²) in [6.45, 7) is 0. The fourth-order valence-corrected chi connectivity index (χ4v) is 14.4. The second-order valence-corrected chi connectivity index (χ2v) is 15.8. The van der Waals surface area contributed by atoms with Crippen LogP contribution in [0.1, 0.15) is 0 Å². The first kappa shape index (κ1) is 8.82. The van der Waals surface area contributed by atoms with E-state index in [0.717, 1.165) is 5.08 Å². The van der Waals surface area contributed by atoms with Gasteiger partial charge in [-0.3, -0.25) is 0 Å². The van der Waals surface area contributed by atoms with E-state index in [9.17, 15) is 0 Å². The van der Waals surface area contributed by atoms with E-state index in [2.05, 4.69) is 44.8 Å². The molecular formula is C7H9AsN2S2. The molecule has 0 amide bonds. The van der Waals surface area contributed by atoms with Crippen molar-refractivity contribution in [2.24, 2.45) is 10.3 Å². The van der Waals surface area contributed by atoms with Gasteiger partial charge in [-0.15, -0.1) is 0 Å². The third kappa shape index (κ3) is 1.62. The van der Waals surface area contributed by atoms with Gasteiger partial charge in [-0.05, 0) is 0 Å². The normalized spacial score (nSPS) is 28.4. The van der Waals surface area contributed by atoms with Crippen molar-refractivity contribution in [1.82, 2.24) is 0 Å². The SMILES string of the molecule is NN=S1CS[As]1c1ccccc1. The fraction of sp³-hybridized carbons (Fsp3) is 0.143. The number of nitrogens with zero attached hydrogens (tertiary/aromatic N) is 1. The zero-order valence-electron chi connectivity index (χ0n) is 6.38. The summed E-state index contributed by atoms with van der Waals surface area (Å²) in [6.07, 6.45) is 0. The molecule has 1 aromatic carbocycles. The number of hydrogen-bond acceptors (Lipinski definition) is 2. The molecule has 1 fully saturated rings. The molecule has 64 valence electrons. The molecule has 1 heterocycles. The summed E-state index contributed by atoms with van der Waals surface area (Å²) in [4.78, 5) is 0. The maximum atomic E-state index is 5.32. The van der Waals surface area contributed by atoms with E-state index in [1.807, 2.05) is 0 Å². The molecule has 0 radical (unpaired) electrons. The first-order valence-corrected chi connectivity index (χ1v) is 11.3. The van der Waals surface area contributed by atoms with Crippen LogP contribution in [0.3, 0.4) is 0 Å². The molecule has 1 aliphatic heterocycles. The number of rotatable bonds is 1. The number of hydrogen-bond donors (Lipinski definition) is 1. The van der Waals surface area contributed by atoms with Crippen molar-refractivity contribution >= 4 is 35.7 Å². The quantitative estimate of drug-likeness (QED) is 0.460. The molecule has 0 saturated carbocycles. The van der Waals surface area contributed by atoms with Gasteiger partial charge >= 0.3 is 81.4 Å². The predicted octanol–water partition coefficient (Wildman–Crippen LogP) is 0.762. The molecule has 0 aromatic heterocycles. The third-order valence-corrected chi connectivity index (χ3v) is 20.2. The van der Waals surface area contributed by atoms with Gasteiger partial charge in [0.25, 0.3) is 0 Å². The minimum atomic E-state index is -0.889. The molecule has 12 heavy (non-hydrogen) atoms. The molecule has 1 aliphatic rings. The van der Waals surface area contributed by atoms with Crippen LogP contribution in [0.2, 0.25) is 0 Å². The summed E-state index contributed by atoms with van der Waals surface area (Å²) in [5.41, 5.74) is 0. The Labute approximate surface area is 81.2 Å². The van der Waals surface area contributed by atoms with Crippen molar-refractivity contribution in [3.63, 3.8) is 0 Å². The van der Waals surface area contributed by atoms with Crippen molar-refractivity contribution in [3.05, 3.63) is 30.3 Å². The Morgan fingerprint density at radius 1 is 1.42 bits per heavy atom. The van der Waals surface area contributed by atoms with Crippen LogP contribution in [-0.4, -0.2) is 17.4 Å². The van der Waals surface area contributed by atoms with E-state index in [1.165, 1.54) is 4.35 Å². The molecule has 1 aromatic rings. The average molecular weight is 260 g/mol. The first-order valence-electron chi connectivity index (χ1n) is 3.52. The van der Waals surface area contributed by atoms with Gasteiger partial charge in [-0.25, -0.2) is 0 Å². The van der Waals surface area contributed by atoms with Gasteiger partial charge in [-0.2, -0.15) is 0 Å². The number of nitrogens with two attached hydrogens (primary N) is 1. The van der Waals surface area contributed by atoms with Crippen LogP contribution in [0.5, 0.6) is 0 Å². The van der Waals surface area contributed by atoms with Gasteiger partial charge < -0.3 is 0 Å². The molecule has 2 nitrogen and oxygen atoms in total. The molecule has 2 atom stereocenters. The van der Waals surface area contributed by atoms with Crippen molar-refractivity contribution in [2.45, 2.75) is 0 Å². The van der Waals surface area contributed by atoms with Crippen LogP contribution in [0.25, 0.3) is 0 Å². The molecule has 2 unspecified atom stereocenters. The summed E-state index contributed by atoms with van der Waals surface area (Å²) >= 11 is -0.889. The van der Waals surface area contributed by atoms with Crippen molar-refractivity contribution in [2.75, 3.05) is 5.08 Å². The second-order valence-electron chi connectivity index (χ2n) is 2.28. The van der Waals surface area contributed by atoms with Crippen LogP contribution in [0.4, 0.5) is 0 Å². The molecule has 1 saturated heterocycles. The Morgan fingerprint density at radius 2 is 2.17 bits per heavy atom. The van der Waals surface area contributed by atoms with Gasteiger partial charge in [0.1, 0.15) is 0 Å². The fourth-order valence-electron chi connectivity index (χ4n) is 0.972. The van der Waals surface area contributed by atoms with Crippen molar-refractivity contribution < 1.29 is 0 Å². The third-order valence-electron chi connectivity index (χ3n) is 1.56. The van der Waals surface area contributed by atoms with Gasteiger partial charge in [0.05, 0.1) is 0 Å². The summed E-state index contributed by atoms with van der Waals surface area (Å²) in [5, 5.41) is 1.16. The molecule has 2 rings (SSSR count). The predicted molar refractivity (Wildman–Crippen MR) is 58.3 cm³/mol. The van der Waals surface area contributed by atoms with E-state index in [4.69, 9.17) is 5.84 Å². The Bertz CT molecular complexity index is 302. The van der Waals surface area contributed by atoms with Gasteiger partial charge in [0.2, 0.25) is 0 Å². The molecule has 0 bridgehead atoms. The number of benzene rings is 1. The van der Waals surface area contributed by atoms with Crippen LogP contribution in [0.15, 0.2) is 34.8 Å². The van der Waals surface area contributed by atoms with E-state index < -0.39 is 12.3 Å². The van der Waals surface area contributed by atoms with Crippen molar-refractivity contribution in [3.8, 4) is 0 Å². The summed E-state index contributed by atoms with van der Waals surface area (Å²) < 4.78 is 5.42. The Kier molecular flexibility index (Phi) is 2.91. The second kappa shape index (κ2) is 3.96.